The largest absolute Gasteiger partial charge is 0.311 e. The van der Waals surface area contributed by atoms with Gasteiger partial charge in [-0.3, -0.25) is 4.90 Å². The van der Waals surface area contributed by atoms with Crippen LogP contribution in [-0.4, -0.2) is 42.5 Å². The quantitative estimate of drug-likeness (QED) is 0.836. The van der Waals surface area contributed by atoms with Crippen LogP contribution in [0.5, 0.6) is 0 Å². The smallest absolute Gasteiger partial charge is 0.251 e. The van der Waals surface area contributed by atoms with Crippen LogP contribution in [0.1, 0.15) is 46.0 Å². The van der Waals surface area contributed by atoms with Gasteiger partial charge in [-0.2, -0.15) is 0 Å². The first-order valence-corrected chi connectivity index (χ1v) is 7.28. The Morgan fingerprint density at radius 1 is 1.28 bits per heavy atom. The number of piperazine rings is 1. The number of rotatable bonds is 4. The van der Waals surface area contributed by atoms with Crippen LogP contribution in [-0.2, 0) is 0 Å². The van der Waals surface area contributed by atoms with Crippen molar-refractivity contribution in [2.45, 2.75) is 64.0 Å². The highest BCUT2D eigenvalue weighted by molar-refractivity contribution is 5.02. The molecule has 2 rings (SSSR count). The van der Waals surface area contributed by atoms with Crippen molar-refractivity contribution in [1.82, 2.24) is 10.2 Å². The van der Waals surface area contributed by atoms with Crippen molar-refractivity contribution >= 4 is 0 Å². The van der Waals surface area contributed by atoms with Crippen molar-refractivity contribution in [3.8, 4) is 0 Å². The molecule has 1 aliphatic carbocycles. The second-order valence-corrected chi connectivity index (χ2v) is 6.43. The Hall–Kier alpha value is -0.220. The Bertz CT molecular complexity index is 263. The molecule has 2 aliphatic rings. The van der Waals surface area contributed by atoms with Crippen LogP contribution in [0.15, 0.2) is 0 Å². The average Bonchev–Trinajstić information content (AvgIpc) is 2.71. The van der Waals surface area contributed by atoms with Gasteiger partial charge in [0.25, 0.3) is 6.43 Å². The van der Waals surface area contributed by atoms with Crippen LogP contribution >= 0.6 is 0 Å². The molecule has 0 aromatic rings. The molecule has 2 fully saturated rings. The van der Waals surface area contributed by atoms with E-state index in [-0.39, 0.29) is 12.1 Å². The van der Waals surface area contributed by atoms with Crippen molar-refractivity contribution in [3.63, 3.8) is 0 Å². The second kappa shape index (κ2) is 5.83. The van der Waals surface area contributed by atoms with Crippen LogP contribution in [0.2, 0.25) is 0 Å². The first-order chi connectivity index (χ1) is 8.52. The Kier molecular flexibility index (Phi) is 4.59. The van der Waals surface area contributed by atoms with E-state index in [1.165, 1.54) is 12.8 Å². The molecule has 106 valence electrons. The second-order valence-electron chi connectivity index (χ2n) is 6.43. The number of nitrogens with one attached hydrogen (secondary N) is 1. The summed E-state index contributed by atoms with van der Waals surface area (Å²) in [6.07, 6.45) is 3.42. The van der Waals surface area contributed by atoms with E-state index in [0.717, 1.165) is 32.4 Å². The predicted octanol–water partition coefficient (Wildman–Crippen LogP) is 2.88. The van der Waals surface area contributed by atoms with E-state index in [0.29, 0.717) is 12.0 Å². The summed E-state index contributed by atoms with van der Waals surface area (Å²) in [4.78, 5) is 2.09. The molecule has 1 saturated carbocycles. The lowest BCUT2D eigenvalue weighted by Crippen LogP contribution is -2.64. The Labute approximate surface area is 109 Å². The monoisotopic (exact) mass is 260 g/mol. The number of hydrogen-bond acceptors (Lipinski definition) is 2. The molecule has 1 atom stereocenters. The lowest BCUT2D eigenvalue weighted by molar-refractivity contribution is -0.00976. The van der Waals surface area contributed by atoms with E-state index in [1.54, 1.807) is 0 Å². The summed E-state index contributed by atoms with van der Waals surface area (Å²) in [6, 6.07) is 0.384. The highest BCUT2D eigenvalue weighted by atomic mass is 19.3. The van der Waals surface area contributed by atoms with Crippen molar-refractivity contribution in [2.24, 2.45) is 5.92 Å². The van der Waals surface area contributed by atoms with E-state index in [2.05, 4.69) is 24.1 Å². The van der Waals surface area contributed by atoms with Crippen molar-refractivity contribution < 1.29 is 8.78 Å². The van der Waals surface area contributed by atoms with Crippen LogP contribution in [0.25, 0.3) is 0 Å². The topological polar surface area (TPSA) is 15.3 Å². The molecule has 2 nitrogen and oxygen atoms in total. The van der Waals surface area contributed by atoms with E-state index in [1.807, 2.05) is 0 Å². The van der Waals surface area contributed by atoms with Crippen LogP contribution in [0.3, 0.4) is 0 Å². The fourth-order valence-electron chi connectivity index (χ4n) is 3.66. The Morgan fingerprint density at radius 2 is 1.94 bits per heavy atom. The van der Waals surface area contributed by atoms with Gasteiger partial charge in [-0.25, -0.2) is 8.78 Å². The van der Waals surface area contributed by atoms with Crippen molar-refractivity contribution in [2.75, 3.05) is 19.6 Å². The predicted molar refractivity (Wildman–Crippen MR) is 70.0 cm³/mol. The Balaban J connectivity index is 2.01. The molecule has 1 N–H and O–H groups in total. The van der Waals surface area contributed by atoms with Gasteiger partial charge in [0.15, 0.2) is 0 Å². The normalized spacial score (nSPS) is 28.7. The zero-order chi connectivity index (χ0) is 13.2. The van der Waals surface area contributed by atoms with Gasteiger partial charge in [0.1, 0.15) is 0 Å². The molecular weight excluding hydrogens is 234 g/mol. The summed E-state index contributed by atoms with van der Waals surface area (Å²) >= 11 is 0. The minimum atomic E-state index is -2.21. The SMILES string of the molecule is CC(C)CC1CN(CC(F)F)C2(CCCC2)CN1. The van der Waals surface area contributed by atoms with E-state index in [9.17, 15) is 8.78 Å². The first kappa shape index (κ1) is 14.2. The summed E-state index contributed by atoms with van der Waals surface area (Å²) < 4.78 is 25.6. The lowest BCUT2D eigenvalue weighted by atomic mass is 9.89. The third kappa shape index (κ3) is 3.21. The molecule has 0 bridgehead atoms. The molecule has 0 aromatic carbocycles. The van der Waals surface area contributed by atoms with Crippen LogP contribution < -0.4 is 5.32 Å². The summed E-state index contributed by atoms with van der Waals surface area (Å²) in [7, 11) is 0. The molecule has 1 heterocycles. The van der Waals surface area contributed by atoms with E-state index < -0.39 is 6.43 Å². The molecule has 0 radical (unpaired) electrons. The standard InChI is InChI=1S/C14H26F2N2/c1-11(2)7-12-8-18(9-13(15)16)14(10-17-12)5-3-4-6-14/h11-13,17H,3-10H2,1-2H3. The maximum atomic E-state index is 12.8. The zero-order valence-corrected chi connectivity index (χ0v) is 11.6. The summed E-state index contributed by atoms with van der Waals surface area (Å²) in [5.74, 6) is 0.619. The number of halogens is 2. The zero-order valence-electron chi connectivity index (χ0n) is 11.6. The molecule has 1 saturated heterocycles. The van der Waals surface area contributed by atoms with Gasteiger partial charge < -0.3 is 5.32 Å². The fraction of sp³-hybridized carbons (Fsp3) is 1.00. The third-order valence-electron chi connectivity index (χ3n) is 4.48. The van der Waals surface area contributed by atoms with Crippen molar-refractivity contribution in [1.29, 1.82) is 0 Å². The van der Waals surface area contributed by atoms with Crippen LogP contribution in [0.4, 0.5) is 8.78 Å². The summed E-state index contributed by atoms with van der Waals surface area (Å²) in [5.41, 5.74) is 0.0317. The summed E-state index contributed by atoms with van der Waals surface area (Å²) in [5, 5.41) is 3.60. The highest BCUT2D eigenvalue weighted by Crippen LogP contribution is 2.37. The maximum Gasteiger partial charge on any atom is 0.251 e. The number of alkyl halides is 2. The molecule has 1 aliphatic heterocycles. The van der Waals surface area contributed by atoms with Crippen LogP contribution in [0, 0.1) is 5.92 Å². The fourth-order valence-corrected chi connectivity index (χ4v) is 3.66. The van der Waals surface area contributed by atoms with Gasteiger partial charge in [0, 0.05) is 24.7 Å². The number of hydrogen-bond donors (Lipinski definition) is 1. The van der Waals surface area contributed by atoms with E-state index in [4.69, 9.17) is 0 Å². The maximum absolute atomic E-state index is 12.8. The van der Waals surface area contributed by atoms with Gasteiger partial charge >= 0.3 is 0 Å². The molecule has 4 heteroatoms. The molecule has 0 aromatic heterocycles. The first-order valence-electron chi connectivity index (χ1n) is 7.28. The number of nitrogens with zero attached hydrogens (tertiary/aromatic N) is 1. The minimum Gasteiger partial charge on any atom is -0.311 e. The van der Waals surface area contributed by atoms with Crippen molar-refractivity contribution in [3.05, 3.63) is 0 Å². The molecule has 1 spiro atoms. The van der Waals surface area contributed by atoms with Gasteiger partial charge in [-0.1, -0.05) is 26.7 Å². The molecule has 0 amide bonds. The van der Waals surface area contributed by atoms with Gasteiger partial charge in [-0.15, -0.1) is 0 Å². The van der Waals surface area contributed by atoms with Gasteiger partial charge in [-0.05, 0) is 25.2 Å². The third-order valence-corrected chi connectivity index (χ3v) is 4.48. The molecule has 18 heavy (non-hydrogen) atoms. The summed E-state index contributed by atoms with van der Waals surface area (Å²) in [6.45, 7) is 6.04. The minimum absolute atomic E-state index is 0.0317. The van der Waals surface area contributed by atoms with Gasteiger partial charge in [0.05, 0.1) is 6.54 Å². The van der Waals surface area contributed by atoms with Gasteiger partial charge in [0.2, 0.25) is 0 Å². The highest BCUT2D eigenvalue weighted by Gasteiger charge is 2.44. The van der Waals surface area contributed by atoms with E-state index >= 15 is 0 Å². The molecule has 1 unspecified atom stereocenters. The Morgan fingerprint density at radius 3 is 2.50 bits per heavy atom. The lowest BCUT2D eigenvalue weighted by Gasteiger charge is -2.48. The average molecular weight is 260 g/mol. The molecular formula is C14H26F2N2.